The van der Waals surface area contributed by atoms with Gasteiger partial charge in [0.2, 0.25) is 0 Å². The van der Waals surface area contributed by atoms with E-state index in [1.165, 1.54) is 11.1 Å². The summed E-state index contributed by atoms with van der Waals surface area (Å²) in [6.45, 7) is 4.60. The first kappa shape index (κ1) is 18.8. The van der Waals surface area contributed by atoms with Crippen molar-refractivity contribution in [2.45, 2.75) is 38.5 Å². The third kappa shape index (κ3) is 5.25. The fourth-order valence-electron chi connectivity index (χ4n) is 3.29. The minimum atomic E-state index is 0.130. The highest BCUT2D eigenvalue weighted by Gasteiger charge is 2.19. The van der Waals surface area contributed by atoms with Gasteiger partial charge in [0, 0.05) is 5.56 Å². The number of terminal acetylenes is 1. The highest BCUT2D eigenvalue weighted by Crippen LogP contribution is 2.30. The Morgan fingerprint density at radius 2 is 1.56 bits per heavy atom. The smallest absolute Gasteiger partial charge is 0.127 e. The lowest BCUT2D eigenvalue weighted by atomic mass is 9.79. The average Bonchev–Trinajstić information content (AvgIpc) is 2.69. The average molecular weight is 354 g/mol. The number of ether oxygens (including phenoxy) is 1. The number of aryl methyl sites for hydroxylation is 1. The van der Waals surface area contributed by atoms with Gasteiger partial charge >= 0.3 is 0 Å². The molecule has 0 aromatic heterocycles. The van der Waals surface area contributed by atoms with Crippen LogP contribution < -0.4 is 4.74 Å². The predicted molar refractivity (Wildman–Crippen MR) is 113 cm³/mol. The number of rotatable bonds is 7. The van der Waals surface area contributed by atoms with Gasteiger partial charge in [-0.1, -0.05) is 62.2 Å². The Balaban J connectivity index is 1.58. The Morgan fingerprint density at radius 1 is 0.852 bits per heavy atom. The van der Waals surface area contributed by atoms with Gasteiger partial charge in [-0.15, -0.1) is 6.42 Å². The van der Waals surface area contributed by atoms with E-state index in [2.05, 4.69) is 50.1 Å². The molecule has 0 atom stereocenters. The van der Waals surface area contributed by atoms with Gasteiger partial charge in [-0.2, -0.15) is 0 Å². The van der Waals surface area contributed by atoms with Crippen molar-refractivity contribution in [3.05, 3.63) is 95.6 Å². The fourth-order valence-corrected chi connectivity index (χ4v) is 3.29. The Hall–Kier alpha value is -2.98. The number of hydrogen-bond acceptors (Lipinski definition) is 1. The molecular weight excluding hydrogens is 328 g/mol. The van der Waals surface area contributed by atoms with E-state index in [0.29, 0.717) is 0 Å². The van der Waals surface area contributed by atoms with Crippen LogP contribution in [0.3, 0.4) is 0 Å². The van der Waals surface area contributed by atoms with Crippen LogP contribution in [-0.4, -0.2) is 0 Å². The molecule has 27 heavy (non-hydrogen) atoms. The topological polar surface area (TPSA) is 9.23 Å². The largest absolute Gasteiger partial charge is 0.457 e. The summed E-state index contributed by atoms with van der Waals surface area (Å²) in [5.74, 6) is 4.44. The van der Waals surface area contributed by atoms with Gasteiger partial charge in [-0.25, -0.2) is 0 Å². The molecule has 136 valence electrons. The molecule has 0 aliphatic carbocycles. The van der Waals surface area contributed by atoms with E-state index in [4.69, 9.17) is 11.2 Å². The lowest BCUT2D eigenvalue weighted by molar-refractivity contribution is 0.460. The molecule has 0 spiro atoms. The maximum atomic E-state index is 5.94. The maximum absolute atomic E-state index is 5.94. The molecule has 0 unspecified atom stereocenters. The van der Waals surface area contributed by atoms with E-state index in [1.54, 1.807) is 0 Å². The molecule has 0 aliphatic rings. The van der Waals surface area contributed by atoms with Crippen LogP contribution in [0.25, 0.3) is 0 Å². The van der Waals surface area contributed by atoms with Gasteiger partial charge in [0.15, 0.2) is 0 Å². The highest BCUT2D eigenvalue weighted by molar-refractivity contribution is 5.37. The minimum Gasteiger partial charge on any atom is -0.457 e. The van der Waals surface area contributed by atoms with Gasteiger partial charge in [0.25, 0.3) is 0 Å². The standard InChI is InChI=1S/C26H26O/c1-4-21-15-17-23(18-16-21)26(2,3)19-9-11-22-10-8-14-25(20-22)27-24-12-6-5-7-13-24/h1,5-8,10,12-18,20H,9,11,19H2,2-3H3. The summed E-state index contributed by atoms with van der Waals surface area (Å²) < 4.78 is 5.94. The molecule has 3 aromatic carbocycles. The fraction of sp³-hybridized carbons (Fsp3) is 0.231. The van der Waals surface area contributed by atoms with Crippen molar-refractivity contribution >= 4 is 0 Å². The van der Waals surface area contributed by atoms with Crippen molar-refractivity contribution in [2.24, 2.45) is 0 Å². The second kappa shape index (κ2) is 8.60. The summed E-state index contributed by atoms with van der Waals surface area (Å²) in [7, 11) is 0. The van der Waals surface area contributed by atoms with Crippen molar-refractivity contribution in [1.29, 1.82) is 0 Å². The Kier molecular flexibility index (Phi) is 5.99. The SMILES string of the molecule is C#Cc1ccc(C(C)(C)CCCc2cccc(Oc3ccccc3)c2)cc1. The molecule has 0 heterocycles. The van der Waals surface area contributed by atoms with E-state index in [0.717, 1.165) is 36.3 Å². The van der Waals surface area contributed by atoms with Gasteiger partial charge in [-0.05, 0) is 72.2 Å². The molecule has 0 aliphatic heterocycles. The molecule has 0 saturated heterocycles. The van der Waals surface area contributed by atoms with Crippen molar-refractivity contribution in [3.63, 3.8) is 0 Å². The first-order valence-corrected chi connectivity index (χ1v) is 9.46. The molecule has 3 rings (SSSR count). The van der Waals surface area contributed by atoms with E-state index >= 15 is 0 Å². The third-order valence-corrected chi connectivity index (χ3v) is 4.98. The molecule has 0 radical (unpaired) electrons. The van der Waals surface area contributed by atoms with Crippen LogP contribution in [0.2, 0.25) is 0 Å². The third-order valence-electron chi connectivity index (χ3n) is 4.98. The molecular formula is C26H26O. The highest BCUT2D eigenvalue weighted by atomic mass is 16.5. The van der Waals surface area contributed by atoms with Crippen molar-refractivity contribution in [2.75, 3.05) is 0 Å². The lowest BCUT2D eigenvalue weighted by Crippen LogP contribution is -2.17. The Bertz CT molecular complexity index is 899. The van der Waals surface area contributed by atoms with Crippen LogP contribution in [0.15, 0.2) is 78.9 Å². The molecule has 1 heteroatoms. The Labute approximate surface area is 163 Å². The molecule has 3 aromatic rings. The summed E-state index contributed by atoms with van der Waals surface area (Å²) in [6.07, 6.45) is 8.73. The first-order chi connectivity index (χ1) is 13.1. The molecule has 0 amide bonds. The second-order valence-corrected chi connectivity index (χ2v) is 7.52. The van der Waals surface area contributed by atoms with Gasteiger partial charge in [-0.3, -0.25) is 0 Å². The zero-order valence-electron chi connectivity index (χ0n) is 16.1. The molecule has 0 saturated carbocycles. The van der Waals surface area contributed by atoms with Crippen LogP contribution in [0.1, 0.15) is 43.4 Å². The lowest BCUT2D eigenvalue weighted by Gasteiger charge is -2.25. The summed E-state index contributed by atoms with van der Waals surface area (Å²) in [5.41, 5.74) is 3.71. The summed E-state index contributed by atoms with van der Waals surface area (Å²) in [5, 5.41) is 0. The van der Waals surface area contributed by atoms with E-state index in [-0.39, 0.29) is 5.41 Å². The maximum Gasteiger partial charge on any atom is 0.127 e. The molecule has 0 N–H and O–H groups in total. The Morgan fingerprint density at radius 3 is 2.26 bits per heavy atom. The minimum absolute atomic E-state index is 0.130. The monoisotopic (exact) mass is 354 g/mol. The number of hydrogen-bond donors (Lipinski definition) is 0. The van der Waals surface area contributed by atoms with E-state index < -0.39 is 0 Å². The van der Waals surface area contributed by atoms with E-state index in [1.807, 2.05) is 48.5 Å². The zero-order chi connectivity index (χ0) is 19.1. The van der Waals surface area contributed by atoms with Gasteiger partial charge in [0.05, 0.1) is 0 Å². The molecule has 1 nitrogen and oxygen atoms in total. The van der Waals surface area contributed by atoms with Crippen LogP contribution in [-0.2, 0) is 11.8 Å². The predicted octanol–water partition coefficient (Wildman–Crippen LogP) is 6.76. The first-order valence-electron chi connectivity index (χ1n) is 9.46. The van der Waals surface area contributed by atoms with Crippen molar-refractivity contribution in [3.8, 4) is 23.8 Å². The van der Waals surface area contributed by atoms with Crippen molar-refractivity contribution < 1.29 is 4.74 Å². The van der Waals surface area contributed by atoms with Crippen LogP contribution in [0.5, 0.6) is 11.5 Å². The zero-order valence-corrected chi connectivity index (χ0v) is 16.1. The normalized spacial score (nSPS) is 11.0. The molecule has 0 bridgehead atoms. The van der Waals surface area contributed by atoms with Gasteiger partial charge < -0.3 is 4.74 Å². The second-order valence-electron chi connectivity index (χ2n) is 7.52. The summed E-state index contributed by atoms with van der Waals surface area (Å²) >= 11 is 0. The number of para-hydroxylation sites is 1. The quantitative estimate of drug-likeness (QED) is 0.426. The van der Waals surface area contributed by atoms with Gasteiger partial charge in [0.1, 0.15) is 11.5 Å². The molecule has 0 fully saturated rings. The van der Waals surface area contributed by atoms with Crippen molar-refractivity contribution in [1.82, 2.24) is 0 Å². The van der Waals surface area contributed by atoms with Crippen LogP contribution in [0.4, 0.5) is 0 Å². The number of benzene rings is 3. The summed E-state index contributed by atoms with van der Waals surface area (Å²) in [4.78, 5) is 0. The van der Waals surface area contributed by atoms with E-state index in [9.17, 15) is 0 Å². The van der Waals surface area contributed by atoms with Crippen LogP contribution in [0, 0.1) is 12.3 Å². The van der Waals surface area contributed by atoms with Crippen LogP contribution >= 0.6 is 0 Å². The summed E-state index contributed by atoms with van der Waals surface area (Å²) in [6, 6.07) is 26.7.